The number of para-hydroxylation sites is 2. The molecule has 0 saturated carbocycles. The molecule has 0 aromatic heterocycles. The number of ether oxygens (including phenoxy) is 2. The number of nitrogens with one attached hydrogen (secondary N) is 1. The number of hydrogen-bond acceptors (Lipinski definition) is 12. The van der Waals surface area contributed by atoms with Gasteiger partial charge in [0.15, 0.2) is 0 Å². The summed E-state index contributed by atoms with van der Waals surface area (Å²) in [6, 6.07) is 44.8. The molecular formula is C48H28B3N7O2S3. The first-order chi connectivity index (χ1) is 30.9. The smallest absolute Gasteiger partial charge is 0.256 e. The van der Waals surface area contributed by atoms with Crippen molar-refractivity contribution in [3.63, 3.8) is 0 Å². The topological polar surface area (TPSA) is 112 Å². The second kappa shape index (κ2) is 13.3. The number of nitriles is 3. The molecule has 7 aromatic rings. The van der Waals surface area contributed by atoms with E-state index in [4.69, 9.17) is 9.47 Å². The van der Waals surface area contributed by atoms with Gasteiger partial charge in [-0.05, 0) is 146 Å². The van der Waals surface area contributed by atoms with Crippen LogP contribution in [0.25, 0.3) is 0 Å². The minimum absolute atomic E-state index is 0.143. The fourth-order valence-corrected chi connectivity index (χ4v) is 13.0. The predicted molar refractivity (Wildman–Crippen MR) is 264 cm³/mol. The summed E-state index contributed by atoms with van der Waals surface area (Å²) in [5.74, 6) is 2.96. The van der Waals surface area contributed by atoms with Gasteiger partial charge in [0.1, 0.15) is 23.0 Å². The van der Waals surface area contributed by atoms with Crippen LogP contribution >= 0.6 is 35.8 Å². The van der Waals surface area contributed by atoms with Gasteiger partial charge in [0.25, 0.3) is 20.1 Å². The first-order valence-electron chi connectivity index (χ1n) is 20.4. The SMILES string of the molecule is CSN1c2cc3c(cc2B2c4ccccc4Oc4cc(C#N)cc1c42)B1c2cc4c(cc2N(SC)c2cc(C#N)cc(c21)N3SC)Nc1cc(C#N)cc2c1B4c1ccccc1O2. The van der Waals surface area contributed by atoms with Crippen molar-refractivity contribution in [3.8, 4) is 41.2 Å². The van der Waals surface area contributed by atoms with E-state index in [0.717, 1.165) is 101 Å². The Morgan fingerprint density at radius 3 is 1.43 bits per heavy atom. The Kier molecular flexibility index (Phi) is 7.73. The van der Waals surface area contributed by atoms with E-state index in [1.54, 1.807) is 35.8 Å². The number of rotatable bonds is 3. The Balaban J connectivity index is 1.11. The molecule has 0 radical (unpaired) electrons. The molecule has 0 unspecified atom stereocenters. The van der Waals surface area contributed by atoms with Gasteiger partial charge in [-0.1, -0.05) is 48.5 Å². The van der Waals surface area contributed by atoms with E-state index >= 15 is 0 Å². The normalized spacial score (nSPS) is 14.3. The summed E-state index contributed by atoms with van der Waals surface area (Å²) >= 11 is 4.87. The zero-order chi connectivity index (χ0) is 42.4. The Bertz CT molecular complexity index is 3420. The van der Waals surface area contributed by atoms with Gasteiger partial charge in [0.05, 0.1) is 52.0 Å². The third-order valence-corrected chi connectivity index (χ3v) is 15.6. The van der Waals surface area contributed by atoms with E-state index in [2.05, 4.69) is 104 Å². The van der Waals surface area contributed by atoms with Crippen LogP contribution in [0.2, 0.25) is 0 Å². The lowest BCUT2D eigenvalue weighted by Crippen LogP contribution is -2.65. The zero-order valence-corrected chi connectivity index (χ0v) is 36.3. The number of hydrogen-bond donors (Lipinski definition) is 1. The predicted octanol–water partition coefficient (Wildman–Crippen LogP) is 5.31. The van der Waals surface area contributed by atoms with Gasteiger partial charge < -0.3 is 14.8 Å². The van der Waals surface area contributed by atoms with Gasteiger partial charge >= 0.3 is 0 Å². The molecule has 0 bridgehead atoms. The van der Waals surface area contributed by atoms with Crippen molar-refractivity contribution in [2.75, 3.05) is 37.0 Å². The lowest BCUT2D eigenvalue weighted by Gasteiger charge is -2.45. The second-order valence-corrected chi connectivity index (χ2v) is 18.4. The molecule has 0 spiro atoms. The first kappa shape index (κ1) is 36.7. The van der Waals surface area contributed by atoms with Crippen LogP contribution in [0, 0.1) is 34.0 Å². The summed E-state index contributed by atoms with van der Waals surface area (Å²) in [5.41, 5.74) is 19.5. The fourth-order valence-electron chi connectivity index (χ4n) is 10.9. The molecule has 0 saturated heterocycles. The fraction of sp³-hybridized carbons (Fsp3) is 0.0625. The van der Waals surface area contributed by atoms with Crippen LogP contribution in [0.4, 0.5) is 45.5 Å². The molecule has 7 aromatic carbocycles. The largest absolute Gasteiger partial charge is 0.458 e. The molecule has 6 heterocycles. The molecule has 6 aliphatic heterocycles. The third-order valence-electron chi connectivity index (χ3n) is 13.3. The van der Waals surface area contributed by atoms with Crippen molar-refractivity contribution in [2.45, 2.75) is 0 Å². The molecule has 15 heteroatoms. The summed E-state index contributed by atoms with van der Waals surface area (Å²) in [6.45, 7) is -0.492. The highest BCUT2D eigenvalue weighted by molar-refractivity contribution is 8.01. The third kappa shape index (κ3) is 4.83. The van der Waals surface area contributed by atoms with Crippen molar-refractivity contribution in [1.29, 1.82) is 15.8 Å². The Labute approximate surface area is 377 Å². The molecule has 1 N–H and O–H groups in total. The second-order valence-electron chi connectivity index (χ2n) is 16.2. The lowest BCUT2D eigenvalue weighted by atomic mass is 9.29. The van der Waals surface area contributed by atoms with Crippen LogP contribution in [-0.4, -0.2) is 38.9 Å². The average molecular weight is 863 g/mol. The van der Waals surface area contributed by atoms with Crippen molar-refractivity contribution < 1.29 is 9.47 Å². The Morgan fingerprint density at radius 2 is 0.873 bits per heavy atom. The highest BCUT2D eigenvalue weighted by Gasteiger charge is 2.49. The van der Waals surface area contributed by atoms with Gasteiger partial charge in [-0.25, -0.2) is 0 Å². The highest BCUT2D eigenvalue weighted by Crippen LogP contribution is 2.47. The average Bonchev–Trinajstić information content (AvgIpc) is 3.32. The molecule has 0 amide bonds. The van der Waals surface area contributed by atoms with Gasteiger partial charge in [0, 0.05) is 47.2 Å². The Morgan fingerprint density at radius 1 is 0.429 bits per heavy atom. The molecule has 0 aliphatic carbocycles. The standard InChI is InChI=1S/C48H28B3N7O2S3/c1-61-56-36-20-34-30(49-28-8-4-6-10-42(28)59-44-16-25(22-52)12-35(55-34)46(44)49)18-31(36)51-33-19-32-37(21-38(33)57(62-2)40-14-26(23-53)13-39(56)47(40)51)58(63-3)41-15-27(24-54)17-45-48(41)50(32)29-9-5-7-11-43(29)60-45/h4-21,55H,1-3H3. The van der Waals surface area contributed by atoms with Gasteiger partial charge in [-0.3, -0.25) is 12.9 Å². The summed E-state index contributed by atoms with van der Waals surface area (Å²) in [7, 11) is 0. The summed E-state index contributed by atoms with van der Waals surface area (Å²) in [5, 5.41) is 34.6. The minimum atomic E-state index is -0.202. The molecule has 9 nitrogen and oxygen atoms in total. The van der Waals surface area contributed by atoms with Gasteiger partial charge in [-0.15, -0.1) is 0 Å². The number of fused-ring (bicyclic) bond motifs is 12. The van der Waals surface area contributed by atoms with Crippen molar-refractivity contribution in [1.82, 2.24) is 0 Å². The van der Waals surface area contributed by atoms with Crippen molar-refractivity contribution in [3.05, 3.63) is 126 Å². The van der Waals surface area contributed by atoms with Crippen LogP contribution < -0.4 is 76.9 Å². The van der Waals surface area contributed by atoms with Crippen molar-refractivity contribution >= 4 is 151 Å². The summed E-state index contributed by atoms with van der Waals surface area (Å²) in [6.07, 6.45) is 6.26. The highest BCUT2D eigenvalue weighted by atomic mass is 32.2. The quantitative estimate of drug-likeness (QED) is 0.184. The van der Waals surface area contributed by atoms with Gasteiger partial charge in [0.2, 0.25) is 0 Å². The number of benzene rings is 7. The van der Waals surface area contributed by atoms with Crippen LogP contribution in [0.15, 0.2) is 109 Å². The summed E-state index contributed by atoms with van der Waals surface area (Å²) in [4.78, 5) is 0. The number of anilines is 8. The van der Waals surface area contributed by atoms with E-state index in [-0.39, 0.29) is 20.1 Å². The van der Waals surface area contributed by atoms with Crippen LogP contribution in [-0.2, 0) is 0 Å². The first-order valence-corrected chi connectivity index (χ1v) is 23.9. The van der Waals surface area contributed by atoms with E-state index in [0.29, 0.717) is 28.2 Å². The van der Waals surface area contributed by atoms with Gasteiger partial charge in [-0.2, -0.15) is 15.8 Å². The van der Waals surface area contributed by atoms with E-state index in [9.17, 15) is 15.8 Å². The number of nitrogens with zero attached hydrogens (tertiary/aromatic N) is 6. The van der Waals surface area contributed by atoms with Crippen LogP contribution in [0.1, 0.15) is 16.7 Å². The lowest BCUT2D eigenvalue weighted by molar-refractivity contribution is 0.487. The molecule has 294 valence electrons. The zero-order valence-electron chi connectivity index (χ0n) is 33.8. The monoisotopic (exact) mass is 863 g/mol. The van der Waals surface area contributed by atoms with E-state index in [1.165, 1.54) is 5.46 Å². The maximum atomic E-state index is 10.5. The minimum Gasteiger partial charge on any atom is -0.458 e. The molecule has 0 fully saturated rings. The molecule has 0 atom stereocenters. The summed E-state index contributed by atoms with van der Waals surface area (Å²) < 4.78 is 20.0. The van der Waals surface area contributed by atoms with E-state index in [1.807, 2.05) is 60.7 Å². The van der Waals surface area contributed by atoms with Crippen molar-refractivity contribution in [2.24, 2.45) is 0 Å². The maximum absolute atomic E-state index is 10.5. The van der Waals surface area contributed by atoms with E-state index < -0.39 is 0 Å². The molecular weight excluding hydrogens is 835 g/mol. The molecule has 63 heavy (non-hydrogen) atoms. The molecule has 6 aliphatic rings. The van der Waals surface area contributed by atoms with Crippen LogP contribution in [0.5, 0.6) is 23.0 Å². The maximum Gasteiger partial charge on any atom is 0.256 e. The molecule has 13 rings (SSSR count). The Hall–Kier alpha value is -6.95. The van der Waals surface area contributed by atoms with Crippen LogP contribution in [0.3, 0.4) is 0 Å².